The van der Waals surface area contributed by atoms with Crippen molar-refractivity contribution in [3.63, 3.8) is 0 Å². The summed E-state index contributed by atoms with van der Waals surface area (Å²) in [5.74, 6) is 0. The predicted molar refractivity (Wildman–Crippen MR) is 70.5 cm³/mol. The minimum Gasteiger partial charge on any atom is -0.314 e. The van der Waals surface area contributed by atoms with E-state index in [1.165, 1.54) is 16.0 Å². The molecule has 0 aromatic carbocycles. The summed E-state index contributed by atoms with van der Waals surface area (Å²) in [7, 11) is 0. The van der Waals surface area contributed by atoms with E-state index in [0.29, 0.717) is 6.04 Å². The smallest absolute Gasteiger partial charge is 0.00891 e. The maximum Gasteiger partial charge on any atom is 0.00891 e. The molecule has 0 atom stereocenters. The van der Waals surface area contributed by atoms with Crippen LogP contribution in [0.5, 0.6) is 0 Å². The third-order valence-electron chi connectivity index (χ3n) is 2.43. The fourth-order valence-electron chi connectivity index (χ4n) is 1.56. The molecule has 1 rings (SSSR count). The second kappa shape index (κ2) is 6.09. The fourth-order valence-corrected chi connectivity index (χ4v) is 2.33. The number of hydrogen-bond donors (Lipinski definition) is 1. The van der Waals surface area contributed by atoms with E-state index >= 15 is 0 Å². The zero-order valence-corrected chi connectivity index (χ0v) is 10.9. The summed E-state index contributed by atoms with van der Waals surface area (Å²) < 4.78 is 0. The van der Waals surface area contributed by atoms with E-state index in [-0.39, 0.29) is 0 Å². The van der Waals surface area contributed by atoms with Gasteiger partial charge < -0.3 is 5.32 Å². The molecule has 0 saturated carbocycles. The lowest BCUT2D eigenvalue weighted by Crippen LogP contribution is -2.23. The third-order valence-corrected chi connectivity index (χ3v) is 3.28. The van der Waals surface area contributed by atoms with Crippen molar-refractivity contribution in [2.45, 2.75) is 40.2 Å². The van der Waals surface area contributed by atoms with Crippen molar-refractivity contribution in [2.24, 2.45) is 0 Å². The Morgan fingerprint density at radius 1 is 1.53 bits per heavy atom. The van der Waals surface area contributed by atoms with Crippen LogP contribution in [-0.4, -0.2) is 12.6 Å². The van der Waals surface area contributed by atoms with Crippen LogP contribution in [0.25, 0.3) is 5.57 Å². The van der Waals surface area contributed by atoms with Crippen molar-refractivity contribution < 1.29 is 0 Å². The van der Waals surface area contributed by atoms with Gasteiger partial charge in [0.25, 0.3) is 0 Å². The van der Waals surface area contributed by atoms with E-state index in [9.17, 15) is 0 Å². The number of rotatable bonds is 5. The van der Waals surface area contributed by atoms with Gasteiger partial charge in [-0.1, -0.05) is 19.9 Å². The molecule has 15 heavy (non-hydrogen) atoms. The van der Waals surface area contributed by atoms with Crippen LogP contribution in [0.15, 0.2) is 17.5 Å². The highest BCUT2D eigenvalue weighted by Crippen LogP contribution is 2.23. The molecule has 0 bridgehead atoms. The van der Waals surface area contributed by atoms with E-state index in [4.69, 9.17) is 0 Å². The quantitative estimate of drug-likeness (QED) is 0.748. The van der Waals surface area contributed by atoms with Gasteiger partial charge in [0.1, 0.15) is 0 Å². The van der Waals surface area contributed by atoms with Crippen LogP contribution < -0.4 is 5.32 Å². The lowest BCUT2D eigenvalue weighted by atomic mass is 10.1. The van der Waals surface area contributed by atoms with Crippen LogP contribution in [0.1, 0.15) is 37.6 Å². The maximum atomic E-state index is 3.42. The fraction of sp³-hybridized carbons (Fsp3) is 0.538. The first-order chi connectivity index (χ1) is 7.11. The van der Waals surface area contributed by atoms with E-state index in [1.54, 1.807) is 0 Å². The maximum absolute atomic E-state index is 3.42. The summed E-state index contributed by atoms with van der Waals surface area (Å²) in [5, 5.41) is 5.58. The van der Waals surface area contributed by atoms with Gasteiger partial charge in [-0.2, -0.15) is 0 Å². The van der Waals surface area contributed by atoms with Gasteiger partial charge in [0.2, 0.25) is 0 Å². The molecule has 1 aromatic heterocycles. The molecular formula is C13H21NS. The van der Waals surface area contributed by atoms with Crippen molar-refractivity contribution in [1.82, 2.24) is 5.32 Å². The SMILES string of the molecule is C/C(=C/CCNC(C)C)c1ccsc1C. The molecule has 1 heterocycles. The molecule has 0 spiro atoms. The lowest BCUT2D eigenvalue weighted by Gasteiger charge is -2.06. The first kappa shape index (κ1) is 12.5. The first-order valence-electron chi connectivity index (χ1n) is 5.56. The van der Waals surface area contributed by atoms with Gasteiger partial charge >= 0.3 is 0 Å². The highest BCUT2D eigenvalue weighted by atomic mass is 32.1. The van der Waals surface area contributed by atoms with Gasteiger partial charge in [-0.15, -0.1) is 11.3 Å². The molecule has 0 aliphatic carbocycles. The van der Waals surface area contributed by atoms with Crippen LogP contribution in [-0.2, 0) is 0 Å². The van der Waals surface area contributed by atoms with Crippen molar-refractivity contribution in [2.75, 3.05) is 6.54 Å². The summed E-state index contributed by atoms with van der Waals surface area (Å²) in [6, 6.07) is 2.79. The normalized spacial score (nSPS) is 12.5. The van der Waals surface area contributed by atoms with Crippen molar-refractivity contribution >= 4 is 16.9 Å². The van der Waals surface area contributed by atoms with E-state index in [2.05, 4.69) is 50.5 Å². The average Bonchev–Trinajstić information content (AvgIpc) is 2.58. The van der Waals surface area contributed by atoms with Crippen LogP contribution >= 0.6 is 11.3 Å². The highest BCUT2D eigenvalue weighted by Gasteiger charge is 2.00. The molecule has 1 aromatic rings. The molecule has 0 unspecified atom stereocenters. The Labute approximate surface area is 97.2 Å². The van der Waals surface area contributed by atoms with Gasteiger partial charge in [0.15, 0.2) is 0 Å². The second-order valence-electron chi connectivity index (χ2n) is 4.18. The molecule has 0 saturated heterocycles. The molecule has 2 heteroatoms. The summed E-state index contributed by atoms with van der Waals surface area (Å²) in [6.07, 6.45) is 3.43. The Kier molecular flexibility index (Phi) is 5.06. The van der Waals surface area contributed by atoms with E-state index in [0.717, 1.165) is 13.0 Å². The van der Waals surface area contributed by atoms with Crippen molar-refractivity contribution in [3.05, 3.63) is 28.0 Å². The average molecular weight is 223 g/mol. The second-order valence-corrected chi connectivity index (χ2v) is 5.30. The van der Waals surface area contributed by atoms with E-state index in [1.807, 2.05) is 11.3 Å². The highest BCUT2D eigenvalue weighted by molar-refractivity contribution is 7.10. The third kappa shape index (κ3) is 4.18. The molecule has 0 aliphatic heterocycles. The van der Waals surface area contributed by atoms with E-state index < -0.39 is 0 Å². The standard InChI is InChI=1S/C13H21NS/c1-10(2)14-8-5-6-11(3)13-7-9-15-12(13)4/h6-7,9-10,14H,5,8H2,1-4H3/b11-6-. The van der Waals surface area contributed by atoms with Crippen LogP contribution in [0.4, 0.5) is 0 Å². The predicted octanol–water partition coefficient (Wildman–Crippen LogP) is 3.85. The van der Waals surface area contributed by atoms with Crippen molar-refractivity contribution in [3.8, 4) is 0 Å². The van der Waals surface area contributed by atoms with Gasteiger partial charge in [-0.05, 0) is 49.4 Å². The minimum atomic E-state index is 0.585. The molecule has 84 valence electrons. The molecular weight excluding hydrogens is 202 g/mol. The Hall–Kier alpha value is -0.600. The van der Waals surface area contributed by atoms with Gasteiger partial charge in [-0.3, -0.25) is 0 Å². The van der Waals surface area contributed by atoms with Gasteiger partial charge in [0.05, 0.1) is 0 Å². The van der Waals surface area contributed by atoms with Gasteiger partial charge in [-0.25, -0.2) is 0 Å². The topological polar surface area (TPSA) is 12.0 Å². The first-order valence-corrected chi connectivity index (χ1v) is 6.44. The van der Waals surface area contributed by atoms with Crippen LogP contribution in [0.3, 0.4) is 0 Å². The molecule has 1 N–H and O–H groups in total. The molecule has 0 amide bonds. The van der Waals surface area contributed by atoms with Crippen LogP contribution in [0, 0.1) is 6.92 Å². The number of thiophene rings is 1. The Balaban J connectivity index is 2.43. The zero-order valence-electron chi connectivity index (χ0n) is 10.1. The summed E-state index contributed by atoms with van der Waals surface area (Å²) >= 11 is 1.82. The zero-order chi connectivity index (χ0) is 11.3. The molecule has 0 aliphatic rings. The Morgan fingerprint density at radius 3 is 2.80 bits per heavy atom. The Bertz CT molecular complexity index is 323. The summed E-state index contributed by atoms with van der Waals surface area (Å²) in [4.78, 5) is 1.42. The van der Waals surface area contributed by atoms with Crippen molar-refractivity contribution in [1.29, 1.82) is 0 Å². The monoisotopic (exact) mass is 223 g/mol. The Morgan fingerprint density at radius 2 is 2.27 bits per heavy atom. The largest absolute Gasteiger partial charge is 0.314 e. The molecule has 0 radical (unpaired) electrons. The van der Waals surface area contributed by atoms with Gasteiger partial charge in [0, 0.05) is 10.9 Å². The summed E-state index contributed by atoms with van der Waals surface area (Å²) in [5.41, 5.74) is 2.81. The van der Waals surface area contributed by atoms with Crippen LogP contribution in [0.2, 0.25) is 0 Å². The number of aryl methyl sites for hydroxylation is 1. The molecule has 0 fully saturated rings. The lowest BCUT2D eigenvalue weighted by molar-refractivity contribution is 0.595. The number of nitrogens with one attached hydrogen (secondary N) is 1. The molecule has 1 nitrogen and oxygen atoms in total. The minimum absolute atomic E-state index is 0.585. The summed E-state index contributed by atoms with van der Waals surface area (Å²) in [6.45, 7) is 9.81. The number of allylic oxidation sites excluding steroid dienone is 1. The number of hydrogen-bond acceptors (Lipinski definition) is 2.